The van der Waals surface area contributed by atoms with Crippen molar-refractivity contribution in [2.24, 2.45) is 11.7 Å². The van der Waals surface area contributed by atoms with Crippen molar-refractivity contribution < 1.29 is 4.74 Å². The van der Waals surface area contributed by atoms with E-state index in [1.807, 2.05) is 0 Å². The maximum absolute atomic E-state index is 5.89. The highest BCUT2D eigenvalue weighted by Crippen LogP contribution is 2.24. The number of hydrogen-bond acceptors (Lipinski definition) is 3. The molecule has 1 aliphatic heterocycles. The van der Waals surface area contributed by atoms with E-state index in [-0.39, 0.29) is 24.8 Å². The lowest BCUT2D eigenvalue weighted by atomic mass is 10.1. The predicted molar refractivity (Wildman–Crippen MR) is 67.1 cm³/mol. The number of halogens is 2. The molecule has 0 aromatic carbocycles. The molecule has 15 heavy (non-hydrogen) atoms. The summed E-state index contributed by atoms with van der Waals surface area (Å²) in [6.45, 7) is 5.31. The molecule has 2 N–H and O–H groups in total. The zero-order valence-electron chi connectivity index (χ0n) is 9.06. The van der Waals surface area contributed by atoms with Crippen LogP contribution >= 0.6 is 24.8 Å². The normalized spacial score (nSPS) is 31.8. The van der Waals surface area contributed by atoms with Crippen molar-refractivity contribution in [3.63, 3.8) is 0 Å². The molecule has 1 saturated carbocycles. The summed E-state index contributed by atoms with van der Waals surface area (Å²) in [5, 5.41) is 0. The first-order valence-electron chi connectivity index (χ1n) is 5.40. The van der Waals surface area contributed by atoms with Crippen molar-refractivity contribution >= 4 is 24.8 Å². The third-order valence-corrected chi connectivity index (χ3v) is 3.20. The Balaban J connectivity index is 0.000000980. The standard InChI is InChI=1S/C10H20N2O.2ClH/c11-10-2-1-9(7-10)8-12-3-5-13-6-4-12;;/h9-10H,1-8,11H2;2*1H/t9-,10+;;/m0../s1. The Morgan fingerprint density at radius 3 is 2.33 bits per heavy atom. The van der Waals surface area contributed by atoms with Gasteiger partial charge in [0.2, 0.25) is 0 Å². The first kappa shape index (κ1) is 15.5. The molecule has 0 unspecified atom stereocenters. The molecule has 1 heterocycles. The number of rotatable bonds is 2. The van der Waals surface area contributed by atoms with Gasteiger partial charge in [0.25, 0.3) is 0 Å². The molecule has 0 radical (unpaired) electrons. The minimum absolute atomic E-state index is 0. The lowest BCUT2D eigenvalue weighted by molar-refractivity contribution is 0.0310. The molecule has 5 heteroatoms. The van der Waals surface area contributed by atoms with Crippen LogP contribution in [-0.2, 0) is 4.74 Å². The largest absolute Gasteiger partial charge is 0.379 e. The van der Waals surface area contributed by atoms with Gasteiger partial charge in [0.1, 0.15) is 0 Å². The van der Waals surface area contributed by atoms with Crippen molar-refractivity contribution in [2.75, 3.05) is 32.8 Å². The van der Waals surface area contributed by atoms with Crippen molar-refractivity contribution in [1.29, 1.82) is 0 Å². The predicted octanol–water partition coefficient (Wildman–Crippen LogP) is 1.29. The second-order valence-corrected chi connectivity index (χ2v) is 4.35. The molecular weight excluding hydrogens is 235 g/mol. The highest BCUT2D eigenvalue weighted by molar-refractivity contribution is 5.85. The Morgan fingerprint density at radius 2 is 1.80 bits per heavy atom. The molecule has 0 bridgehead atoms. The summed E-state index contributed by atoms with van der Waals surface area (Å²) in [5.41, 5.74) is 5.89. The number of morpholine rings is 1. The monoisotopic (exact) mass is 256 g/mol. The Kier molecular flexibility index (Phi) is 7.92. The lowest BCUT2D eigenvalue weighted by Crippen LogP contribution is -2.39. The van der Waals surface area contributed by atoms with Crippen LogP contribution < -0.4 is 5.73 Å². The molecule has 0 spiro atoms. The number of hydrogen-bond donors (Lipinski definition) is 1. The van der Waals surface area contributed by atoms with Crippen LogP contribution in [0.4, 0.5) is 0 Å². The number of nitrogens with zero attached hydrogens (tertiary/aromatic N) is 1. The van der Waals surface area contributed by atoms with Gasteiger partial charge in [0.15, 0.2) is 0 Å². The number of ether oxygens (including phenoxy) is 1. The first-order valence-corrected chi connectivity index (χ1v) is 5.40. The molecule has 92 valence electrons. The summed E-state index contributed by atoms with van der Waals surface area (Å²) in [5.74, 6) is 0.855. The molecular formula is C10H22Cl2N2O. The van der Waals surface area contributed by atoms with E-state index in [9.17, 15) is 0 Å². The first-order chi connectivity index (χ1) is 6.34. The minimum atomic E-state index is 0. The van der Waals surface area contributed by atoms with Gasteiger partial charge in [-0.1, -0.05) is 0 Å². The average Bonchev–Trinajstić information content (AvgIpc) is 2.53. The Bertz CT molecular complexity index is 163. The maximum atomic E-state index is 5.89. The van der Waals surface area contributed by atoms with Crippen molar-refractivity contribution in [3.05, 3.63) is 0 Å². The highest BCUT2D eigenvalue weighted by Gasteiger charge is 2.24. The van der Waals surface area contributed by atoms with E-state index >= 15 is 0 Å². The summed E-state index contributed by atoms with van der Waals surface area (Å²) >= 11 is 0. The summed E-state index contributed by atoms with van der Waals surface area (Å²) in [6.07, 6.45) is 3.80. The summed E-state index contributed by atoms with van der Waals surface area (Å²) in [7, 11) is 0. The molecule has 0 aromatic heterocycles. The average molecular weight is 257 g/mol. The second kappa shape index (κ2) is 7.69. The van der Waals surface area contributed by atoms with Crippen LogP contribution in [0.1, 0.15) is 19.3 Å². The molecule has 2 fully saturated rings. The smallest absolute Gasteiger partial charge is 0.0594 e. The molecule has 2 aliphatic rings. The Hall–Kier alpha value is 0.460. The van der Waals surface area contributed by atoms with E-state index in [0.717, 1.165) is 32.2 Å². The van der Waals surface area contributed by atoms with E-state index in [1.54, 1.807) is 0 Å². The quantitative estimate of drug-likeness (QED) is 0.810. The van der Waals surface area contributed by atoms with E-state index in [2.05, 4.69) is 4.90 Å². The molecule has 1 saturated heterocycles. The van der Waals surface area contributed by atoms with Gasteiger partial charge in [-0.3, -0.25) is 4.90 Å². The van der Waals surface area contributed by atoms with Crippen LogP contribution in [-0.4, -0.2) is 43.8 Å². The van der Waals surface area contributed by atoms with Crippen molar-refractivity contribution in [3.8, 4) is 0 Å². The zero-order valence-corrected chi connectivity index (χ0v) is 10.7. The summed E-state index contributed by atoms with van der Waals surface area (Å²) in [4.78, 5) is 2.52. The van der Waals surface area contributed by atoms with E-state index in [4.69, 9.17) is 10.5 Å². The third kappa shape index (κ3) is 4.87. The molecule has 1 aliphatic carbocycles. The summed E-state index contributed by atoms with van der Waals surface area (Å²) < 4.78 is 5.32. The Labute approximate surface area is 105 Å². The molecule has 3 nitrogen and oxygen atoms in total. The van der Waals surface area contributed by atoms with Crippen molar-refractivity contribution in [2.45, 2.75) is 25.3 Å². The SMILES string of the molecule is Cl.Cl.N[C@@H]1CC[C@H](CN2CCOCC2)C1. The van der Waals surface area contributed by atoms with Crippen LogP contribution in [0.3, 0.4) is 0 Å². The van der Waals surface area contributed by atoms with E-state index < -0.39 is 0 Å². The van der Waals surface area contributed by atoms with Crippen LogP contribution in [0.5, 0.6) is 0 Å². The van der Waals surface area contributed by atoms with E-state index in [1.165, 1.54) is 25.8 Å². The molecule has 2 rings (SSSR count). The van der Waals surface area contributed by atoms with Gasteiger partial charge in [-0.2, -0.15) is 0 Å². The second-order valence-electron chi connectivity index (χ2n) is 4.35. The van der Waals surface area contributed by atoms with Gasteiger partial charge >= 0.3 is 0 Å². The fraction of sp³-hybridized carbons (Fsp3) is 1.00. The van der Waals surface area contributed by atoms with Gasteiger partial charge in [-0.25, -0.2) is 0 Å². The topological polar surface area (TPSA) is 38.5 Å². The van der Waals surface area contributed by atoms with Crippen LogP contribution in [0, 0.1) is 5.92 Å². The number of nitrogens with two attached hydrogens (primary N) is 1. The van der Waals surface area contributed by atoms with Gasteiger partial charge in [0.05, 0.1) is 13.2 Å². The minimum Gasteiger partial charge on any atom is -0.379 e. The van der Waals surface area contributed by atoms with Crippen LogP contribution in [0.25, 0.3) is 0 Å². The van der Waals surface area contributed by atoms with Crippen LogP contribution in [0.15, 0.2) is 0 Å². The fourth-order valence-electron chi connectivity index (χ4n) is 2.43. The van der Waals surface area contributed by atoms with E-state index in [0.29, 0.717) is 6.04 Å². The molecule has 0 amide bonds. The molecule has 0 aromatic rings. The zero-order chi connectivity index (χ0) is 9.10. The highest BCUT2D eigenvalue weighted by atomic mass is 35.5. The maximum Gasteiger partial charge on any atom is 0.0594 e. The Morgan fingerprint density at radius 1 is 1.13 bits per heavy atom. The molecule has 2 atom stereocenters. The van der Waals surface area contributed by atoms with Gasteiger partial charge in [0, 0.05) is 25.7 Å². The lowest BCUT2D eigenvalue weighted by Gasteiger charge is -2.28. The van der Waals surface area contributed by atoms with Crippen molar-refractivity contribution in [1.82, 2.24) is 4.90 Å². The third-order valence-electron chi connectivity index (χ3n) is 3.20. The van der Waals surface area contributed by atoms with Gasteiger partial charge < -0.3 is 10.5 Å². The van der Waals surface area contributed by atoms with Crippen LogP contribution in [0.2, 0.25) is 0 Å². The fourth-order valence-corrected chi connectivity index (χ4v) is 2.43. The van der Waals surface area contributed by atoms with Gasteiger partial charge in [-0.05, 0) is 25.2 Å². The van der Waals surface area contributed by atoms with Gasteiger partial charge in [-0.15, -0.1) is 24.8 Å². The summed E-state index contributed by atoms with van der Waals surface area (Å²) in [6, 6.07) is 0.478.